The smallest absolute Gasteiger partial charge is 0.344 e. The lowest BCUT2D eigenvalue weighted by Crippen LogP contribution is -2.41. The second-order valence-electron chi connectivity index (χ2n) is 9.05. The summed E-state index contributed by atoms with van der Waals surface area (Å²) < 4.78 is 10.6. The average Bonchev–Trinajstić information content (AvgIpc) is 2.99. The topological polar surface area (TPSA) is 173 Å². The Hall–Kier alpha value is -5.33. The normalized spacial score (nSPS) is 12.3. The number of rotatable bonds is 14. The number of azo groups is 1. The van der Waals surface area contributed by atoms with Crippen LogP contribution >= 0.6 is 0 Å². The molecule has 0 bridgehead atoms. The molecule has 13 heteroatoms. The number of benzene rings is 3. The number of hydrogen-bond acceptors (Lipinski definition) is 10. The number of likely N-dealkylation sites (N-methyl/N-ethyl adjacent to an activating group) is 1. The predicted octanol–water partition coefficient (Wildman–Crippen LogP) is 5.05. The summed E-state index contributed by atoms with van der Waals surface area (Å²) in [5.41, 5.74) is 2.40. The number of amides is 1. The number of hydrogen-bond donors (Lipinski definition) is 2. The van der Waals surface area contributed by atoms with Crippen molar-refractivity contribution in [2.75, 3.05) is 24.6 Å². The molecular formula is C29H31N5O8. The largest absolute Gasteiger partial charge is 0.492 e. The average molecular weight is 578 g/mol. The fourth-order valence-electron chi connectivity index (χ4n) is 3.60. The number of carbonyl (C=O) groups is 3. The highest BCUT2D eigenvalue weighted by molar-refractivity contribution is 5.97. The molecule has 0 aliphatic carbocycles. The molecule has 220 valence electrons. The number of nitrogens with zero attached hydrogens (tertiary/aromatic N) is 4. The van der Waals surface area contributed by atoms with Gasteiger partial charge in [-0.15, -0.1) is 0 Å². The summed E-state index contributed by atoms with van der Waals surface area (Å²) in [6.45, 7) is 6.37. The molecule has 1 amide bonds. The summed E-state index contributed by atoms with van der Waals surface area (Å²) in [6.07, 6.45) is -1.32. The summed E-state index contributed by atoms with van der Waals surface area (Å²) >= 11 is 0. The maximum absolute atomic E-state index is 12.4. The molecule has 42 heavy (non-hydrogen) atoms. The Bertz CT molecular complexity index is 1410. The summed E-state index contributed by atoms with van der Waals surface area (Å²) in [6, 6.07) is 18.7. The highest BCUT2D eigenvalue weighted by atomic mass is 16.6. The van der Waals surface area contributed by atoms with E-state index in [1.54, 1.807) is 24.3 Å². The lowest BCUT2D eigenvalue weighted by Gasteiger charge is -2.23. The van der Waals surface area contributed by atoms with Crippen LogP contribution in [0.25, 0.3) is 0 Å². The molecule has 0 saturated heterocycles. The number of carbonyl (C=O) groups excluding carboxylic acids is 2. The van der Waals surface area contributed by atoms with Gasteiger partial charge in [-0.3, -0.25) is 14.9 Å². The van der Waals surface area contributed by atoms with E-state index in [0.29, 0.717) is 35.8 Å². The molecule has 0 fully saturated rings. The van der Waals surface area contributed by atoms with Crippen molar-refractivity contribution in [2.45, 2.75) is 32.9 Å². The molecule has 0 unspecified atom stereocenters. The Balaban J connectivity index is 1.47. The Kier molecular flexibility index (Phi) is 11.1. The zero-order chi connectivity index (χ0) is 30.6. The van der Waals surface area contributed by atoms with Gasteiger partial charge < -0.3 is 24.8 Å². The molecule has 0 aliphatic rings. The van der Waals surface area contributed by atoms with Crippen LogP contribution in [0.3, 0.4) is 0 Å². The zero-order valence-corrected chi connectivity index (χ0v) is 23.3. The first-order valence-electron chi connectivity index (χ1n) is 13.1. The summed E-state index contributed by atoms with van der Waals surface area (Å²) in [5.74, 6) is -2.08. The van der Waals surface area contributed by atoms with Crippen LogP contribution in [0.2, 0.25) is 0 Å². The number of esters is 1. The van der Waals surface area contributed by atoms with E-state index in [9.17, 15) is 24.5 Å². The first kappa shape index (κ1) is 31.2. The van der Waals surface area contributed by atoms with Crippen LogP contribution in [0.15, 0.2) is 83.0 Å². The van der Waals surface area contributed by atoms with Crippen molar-refractivity contribution in [1.29, 1.82) is 0 Å². The van der Waals surface area contributed by atoms with Gasteiger partial charge in [0.2, 0.25) is 0 Å². The molecule has 0 aromatic heterocycles. The summed E-state index contributed by atoms with van der Waals surface area (Å²) in [5, 5.41) is 30.4. The maximum Gasteiger partial charge on any atom is 0.344 e. The van der Waals surface area contributed by atoms with E-state index >= 15 is 0 Å². The zero-order valence-electron chi connectivity index (χ0n) is 23.3. The van der Waals surface area contributed by atoms with Crippen molar-refractivity contribution in [2.24, 2.45) is 10.2 Å². The second-order valence-corrected chi connectivity index (χ2v) is 9.05. The number of carboxylic acids is 1. The van der Waals surface area contributed by atoms with Crippen molar-refractivity contribution >= 4 is 40.6 Å². The number of anilines is 1. The number of ether oxygens (including phenoxy) is 2. The predicted molar refractivity (Wildman–Crippen MR) is 154 cm³/mol. The molecule has 3 aromatic carbocycles. The second kappa shape index (κ2) is 14.9. The van der Waals surface area contributed by atoms with Crippen molar-refractivity contribution < 1.29 is 33.9 Å². The Morgan fingerprint density at radius 1 is 0.952 bits per heavy atom. The van der Waals surface area contributed by atoms with Crippen molar-refractivity contribution in [1.82, 2.24) is 5.32 Å². The van der Waals surface area contributed by atoms with Crippen molar-refractivity contribution in [3.63, 3.8) is 0 Å². The molecule has 0 heterocycles. The van der Waals surface area contributed by atoms with E-state index in [4.69, 9.17) is 14.6 Å². The summed E-state index contributed by atoms with van der Waals surface area (Å²) in [7, 11) is 0. The van der Waals surface area contributed by atoms with Gasteiger partial charge in [0, 0.05) is 29.9 Å². The molecular weight excluding hydrogens is 546 g/mol. The van der Waals surface area contributed by atoms with Crippen molar-refractivity contribution in [3.05, 3.63) is 88.5 Å². The van der Waals surface area contributed by atoms with Gasteiger partial charge in [-0.05, 0) is 81.4 Å². The van der Waals surface area contributed by atoms with Crippen LogP contribution in [0, 0.1) is 10.1 Å². The van der Waals surface area contributed by atoms with Gasteiger partial charge in [-0.2, -0.15) is 10.2 Å². The Morgan fingerprint density at radius 3 is 2.05 bits per heavy atom. The maximum atomic E-state index is 12.4. The van der Waals surface area contributed by atoms with E-state index in [1.165, 1.54) is 38.1 Å². The van der Waals surface area contributed by atoms with Gasteiger partial charge in [0.15, 0.2) is 6.10 Å². The fourth-order valence-corrected chi connectivity index (χ4v) is 3.60. The quantitative estimate of drug-likeness (QED) is 0.115. The van der Waals surface area contributed by atoms with Crippen LogP contribution in [-0.2, 0) is 14.3 Å². The summed E-state index contributed by atoms with van der Waals surface area (Å²) in [4.78, 5) is 47.6. The first-order valence-corrected chi connectivity index (χ1v) is 13.1. The molecule has 0 aliphatic heterocycles. The standard InChI is InChI=1S/C29H31N5O8/c1-4-33(24-11-7-22(8-12-24)31-32-23-9-13-25(14-10-23)34(39)40)17-18-41-26-15-5-21(6-16-26)27(35)30-19(2)29(38)42-20(3)28(36)37/h5-16,19-20H,4,17-18H2,1-3H3,(H,30,35)(H,36,37)/t19-,20-/m1/s1. The van der Waals surface area contributed by atoms with Gasteiger partial charge >= 0.3 is 11.9 Å². The van der Waals surface area contributed by atoms with Gasteiger partial charge in [0.25, 0.3) is 11.6 Å². The molecule has 3 aromatic rings. The number of nitrogens with one attached hydrogen (secondary N) is 1. The van der Waals surface area contributed by atoms with Gasteiger partial charge in [-0.1, -0.05) is 0 Å². The van der Waals surface area contributed by atoms with Crippen molar-refractivity contribution in [3.8, 4) is 5.75 Å². The van der Waals surface area contributed by atoms with E-state index < -0.39 is 34.9 Å². The molecule has 13 nitrogen and oxygen atoms in total. The minimum Gasteiger partial charge on any atom is -0.492 e. The number of nitro groups is 1. The molecule has 3 rings (SSSR count). The number of aliphatic carboxylic acids is 1. The minimum absolute atomic E-state index is 0.0105. The molecule has 0 radical (unpaired) electrons. The van der Waals surface area contributed by atoms with E-state index in [1.807, 2.05) is 31.2 Å². The minimum atomic E-state index is -1.32. The van der Waals surface area contributed by atoms with Gasteiger partial charge in [0.1, 0.15) is 18.4 Å². The number of non-ortho nitro benzene ring substituents is 1. The fraction of sp³-hybridized carbons (Fsp3) is 0.276. The highest BCUT2D eigenvalue weighted by Crippen LogP contribution is 2.24. The third-order valence-corrected chi connectivity index (χ3v) is 6.03. The molecule has 0 spiro atoms. The van der Waals surface area contributed by atoms with E-state index in [0.717, 1.165) is 12.2 Å². The monoisotopic (exact) mass is 577 g/mol. The molecule has 2 N–H and O–H groups in total. The van der Waals surface area contributed by atoms with Crippen LogP contribution in [-0.4, -0.2) is 59.7 Å². The van der Waals surface area contributed by atoms with Crippen LogP contribution in [0.4, 0.5) is 22.7 Å². The SMILES string of the molecule is CCN(CCOc1ccc(C(=O)N[C@H](C)C(=O)O[C@H](C)C(=O)O)cc1)c1ccc(N=Nc2ccc([N+](=O)[O-])cc2)cc1. The van der Waals surface area contributed by atoms with Gasteiger partial charge in [-0.25, -0.2) is 9.59 Å². The third kappa shape index (κ3) is 9.11. The third-order valence-electron chi connectivity index (χ3n) is 6.03. The first-order chi connectivity index (χ1) is 20.1. The van der Waals surface area contributed by atoms with Crippen LogP contribution in [0.1, 0.15) is 31.1 Å². The van der Waals surface area contributed by atoms with Gasteiger partial charge in [0.05, 0.1) is 22.8 Å². The Morgan fingerprint density at radius 2 is 1.52 bits per heavy atom. The lowest BCUT2D eigenvalue weighted by molar-refractivity contribution is -0.384. The highest BCUT2D eigenvalue weighted by Gasteiger charge is 2.23. The Labute approximate surface area is 241 Å². The van der Waals surface area contributed by atoms with E-state index in [-0.39, 0.29) is 5.69 Å². The number of carboxylic acid groups (broad SMARTS) is 1. The van der Waals surface area contributed by atoms with E-state index in [2.05, 4.69) is 20.4 Å². The number of nitro benzene ring substituents is 1. The molecule has 2 atom stereocenters. The van der Waals surface area contributed by atoms with Crippen LogP contribution in [0.5, 0.6) is 5.75 Å². The van der Waals surface area contributed by atoms with Crippen LogP contribution < -0.4 is 15.0 Å². The molecule has 0 saturated carbocycles. The lowest BCUT2D eigenvalue weighted by atomic mass is 10.2.